The maximum Gasteiger partial charge on any atom is 0.303 e. The van der Waals surface area contributed by atoms with Gasteiger partial charge in [0.05, 0.1) is 40.4 Å². The van der Waals surface area contributed by atoms with Crippen LogP contribution in [0.3, 0.4) is 0 Å². The summed E-state index contributed by atoms with van der Waals surface area (Å²) in [6.07, 6.45) is 4.82. The van der Waals surface area contributed by atoms with Gasteiger partial charge < -0.3 is 34.7 Å². The van der Waals surface area contributed by atoms with Gasteiger partial charge in [-0.25, -0.2) is 0 Å². The van der Waals surface area contributed by atoms with Crippen LogP contribution in [0.25, 0.3) is 6.08 Å². The molecule has 3 N–H and O–H groups in total. The fraction of sp³-hybridized carbons (Fsp3) is 0.414. The third-order valence-electron chi connectivity index (χ3n) is 5.45. The van der Waals surface area contributed by atoms with Gasteiger partial charge in [-0.1, -0.05) is 25.5 Å². The molecule has 40 heavy (non-hydrogen) atoms. The molecule has 0 aliphatic heterocycles. The molecule has 11 heteroatoms. The Morgan fingerprint density at radius 1 is 0.950 bits per heavy atom. The van der Waals surface area contributed by atoms with Crippen molar-refractivity contribution in [2.75, 3.05) is 41.5 Å². The number of hydrogen-bond acceptors (Lipinski definition) is 8. The second-order valence-electron chi connectivity index (χ2n) is 8.30. The number of carbonyl (C=O) groups is 3. The molecular weight excluding hydrogens is 536 g/mol. The Balaban J connectivity index is 0.00000101. The normalized spacial score (nSPS) is 10.2. The summed E-state index contributed by atoms with van der Waals surface area (Å²) in [6, 6.07) is 9.43. The Bertz CT molecular complexity index is 1080. The van der Waals surface area contributed by atoms with E-state index in [0.29, 0.717) is 54.7 Å². The van der Waals surface area contributed by atoms with Crippen molar-refractivity contribution in [3.05, 3.63) is 52.4 Å². The summed E-state index contributed by atoms with van der Waals surface area (Å²) < 4.78 is 21.6. The molecule has 2 aromatic carbocycles. The van der Waals surface area contributed by atoms with Crippen molar-refractivity contribution in [2.24, 2.45) is 0 Å². The quantitative estimate of drug-likeness (QED) is 0.186. The van der Waals surface area contributed by atoms with Gasteiger partial charge in [0.25, 0.3) is 0 Å². The largest absolute Gasteiger partial charge is 0.496 e. The van der Waals surface area contributed by atoms with Crippen molar-refractivity contribution in [3.63, 3.8) is 0 Å². The maximum absolute atomic E-state index is 12.2. The van der Waals surface area contributed by atoms with E-state index in [9.17, 15) is 14.4 Å². The molecule has 0 heterocycles. The van der Waals surface area contributed by atoms with Gasteiger partial charge in [0, 0.05) is 43.0 Å². The lowest BCUT2D eigenvalue weighted by atomic mass is 10.1. The molecule has 0 unspecified atom stereocenters. The van der Waals surface area contributed by atoms with Crippen molar-refractivity contribution in [2.45, 2.75) is 38.4 Å². The third kappa shape index (κ3) is 12.8. The zero-order valence-corrected chi connectivity index (χ0v) is 24.6. The molecule has 0 atom stereocenters. The van der Waals surface area contributed by atoms with E-state index in [1.807, 2.05) is 48.7 Å². The van der Waals surface area contributed by atoms with Crippen LogP contribution in [0.1, 0.15) is 42.9 Å². The first kappa shape index (κ1) is 34.2. The first-order chi connectivity index (χ1) is 19.3. The summed E-state index contributed by atoms with van der Waals surface area (Å²) >= 11 is 1.60. The number of carboxylic acids is 1. The third-order valence-corrected chi connectivity index (χ3v) is 6.28. The Morgan fingerprint density at radius 3 is 2.15 bits per heavy atom. The van der Waals surface area contributed by atoms with Crippen LogP contribution in [-0.4, -0.2) is 64.9 Å². The average molecular weight is 577 g/mol. The number of rotatable bonds is 17. The SMILES string of the molecule is CCCCC(=O)O.COc1cc(OC)c(/C=C/SCc2ccc(OC)c(CC(=O)NCCNC=O)c2)c(OC)c1. The van der Waals surface area contributed by atoms with E-state index in [1.54, 1.807) is 40.2 Å². The molecule has 2 amide bonds. The second-order valence-corrected chi connectivity index (χ2v) is 9.20. The number of thioether (sulfide) groups is 1. The number of carbonyl (C=O) groups excluding carboxylic acids is 2. The minimum Gasteiger partial charge on any atom is -0.496 e. The molecule has 220 valence electrons. The fourth-order valence-electron chi connectivity index (χ4n) is 3.41. The van der Waals surface area contributed by atoms with Gasteiger partial charge in [0.2, 0.25) is 12.3 Å². The van der Waals surface area contributed by atoms with E-state index in [1.165, 1.54) is 0 Å². The molecule has 0 bridgehead atoms. The first-order valence-electron chi connectivity index (χ1n) is 12.7. The Hall–Kier alpha value is -3.86. The van der Waals surface area contributed by atoms with E-state index < -0.39 is 5.97 Å². The zero-order chi connectivity index (χ0) is 29.8. The number of nitrogens with one attached hydrogen (secondary N) is 2. The minimum absolute atomic E-state index is 0.135. The van der Waals surface area contributed by atoms with Crippen molar-refractivity contribution >= 4 is 36.1 Å². The molecule has 10 nitrogen and oxygen atoms in total. The predicted octanol–water partition coefficient (Wildman–Crippen LogP) is 4.29. The second kappa shape index (κ2) is 20.1. The van der Waals surface area contributed by atoms with Gasteiger partial charge in [-0.15, -0.1) is 11.8 Å². The maximum atomic E-state index is 12.2. The highest BCUT2D eigenvalue weighted by Gasteiger charge is 2.12. The lowest BCUT2D eigenvalue weighted by molar-refractivity contribution is -0.137. The van der Waals surface area contributed by atoms with Crippen molar-refractivity contribution < 1.29 is 38.4 Å². The highest BCUT2D eigenvalue weighted by molar-refractivity contribution is 8.01. The van der Waals surface area contributed by atoms with Gasteiger partial charge >= 0.3 is 5.97 Å². The van der Waals surface area contributed by atoms with Gasteiger partial charge in [0.15, 0.2) is 0 Å². The molecule has 0 saturated carbocycles. The van der Waals surface area contributed by atoms with Crippen LogP contribution in [0, 0.1) is 0 Å². The van der Waals surface area contributed by atoms with Gasteiger partial charge in [-0.3, -0.25) is 14.4 Å². The summed E-state index contributed by atoms with van der Waals surface area (Å²) in [4.78, 5) is 32.2. The molecule has 0 aliphatic carbocycles. The number of benzene rings is 2. The molecule has 0 aromatic heterocycles. The number of unbranched alkanes of at least 4 members (excludes halogenated alkanes) is 1. The van der Waals surface area contributed by atoms with Crippen LogP contribution in [0.4, 0.5) is 0 Å². The topological polar surface area (TPSA) is 132 Å². The first-order valence-corrected chi connectivity index (χ1v) is 13.8. The minimum atomic E-state index is -0.693. The van der Waals surface area contributed by atoms with E-state index >= 15 is 0 Å². The molecule has 0 spiro atoms. The predicted molar refractivity (Wildman–Crippen MR) is 157 cm³/mol. The Morgan fingerprint density at radius 2 is 1.62 bits per heavy atom. The highest BCUT2D eigenvalue weighted by Crippen LogP contribution is 2.35. The molecule has 2 aromatic rings. The molecule has 2 rings (SSSR count). The van der Waals surface area contributed by atoms with Gasteiger partial charge in [0.1, 0.15) is 23.0 Å². The average Bonchev–Trinajstić information content (AvgIpc) is 2.96. The molecule has 0 fully saturated rings. The van der Waals surface area contributed by atoms with Gasteiger partial charge in [-0.2, -0.15) is 0 Å². The number of aliphatic carboxylic acids is 1. The lowest BCUT2D eigenvalue weighted by Crippen LogP contribution is -2.32. The summed E-state index contributed by atoms with van der Waals surface area (Å²) in [6.45, 7) is 2.74. The number of amides is 2. The van der Waals surface area contributed by atoms with Crippen LogP contribution < -0.4 is 29.6 Å². The summed E-state index contributed by atoms with van der Waals surface area (Å²) in [7, 11) is 6.38. The van der Waals surface area contributed by atoms with Crippen LogP contribution in [0.2, 0.25) is 0 Å². The fourth-order valence-corrected chi connectivity index (χ4v) is 4.11. The van der Waals surface area contributed by atoms with Crippen molar-refractivity contribution in [3.8, 4) is 23.0 Å². The Kier molecular flexibility index (Phi) is 17.2. The molecule has 0 saturated heterocycles. The standard InChI is InChI=1S/C24H30N2O6S.C5H10O2/c1-29-19-13-22(31-3)20(23(14-19)32-4)7-10-33-15-17-5-6-21(30-2)18(11-17)12-24(28)26-9-8-25-16-27;1-2-3-4-5(6)7/h5-7,10-11,13-14,16H,8-9,12,15H2,1-4H3,(H,25,27)(H,26,28);2-4H2,1H3,(H,6,7)/b10-7+;. The van der Waals surface area contributed by atoms with Crippen LogP contribution in [0.5, 0.6) is 23.0 Å². The summed E-state index contributed by atoms with van der Waals surface area (Å²) in [5, 5.41) is 15.3. The smallest absolute Gasteiger partial charge is 0.303 e. The molecule has 0 radical (unpaired) electrons. The van der Waals surface area contributed by atoms with E-state index in [0.717, 1.165) is 29.5 Å². The number of ether oxygens (including phenoxy) is 4. The molecular formula is C29H40N2O8S. The van der Waals surface area contributed by atoms with E-state index in [4.69, 9.17) is 24.1 Å². The Labute approximate surface area is 240 Å². The monoisotopic (exact) mass is 576 g/mol. The number of methoxy groups -OCH3 is 4. The van der Waals surface area contributed by atoms with Crippen LogP contribution in [-0.2, 0) is 26.6 Å². The molecule has 0 aliphatic rings. The summed E-state index contributed by atoms with van der Waals surface area (Å²) in [5.41, 5.74) is 2.69. The van der Waals surface area contributed by atoms with E-state index in [-0.39, 0.29) is 12.3 Å². The number of carboxylic acid groups (broad SMARTS) is 1. The van der Waals surface area contributed by atoms with Crippen molar-refractivity contribution in [1.82, 2.24) is 10.6 Å². The van der Waals surface area contributed by atoms with Crippen LogP contribution in [0.15, 0.2) is 35.7 Å². The van der Waals surface area contributed by atoms with E-state index in [2.05, 4.69) is 10.6 Å². The summed E-state index contributed by atoms with van der Waals surface area (Å²) in [5.74, 6) is 2.51. The highest BCUT2D eigenvalue weighted by atomic mass is 32.2. The van der Waals surface area contributed by atoms with Crippen LogP contribution >= 0.6 is 11.8 Å². The van der Waals surface area contributed by atoms with Crippen molar-refractivity contribution in [1.29, 1.82) is 0 Å². The number of hydrogen-bond donors (Lipinski definition) is 3. The zero-order valence-electron chi connectivity index (χ0n) is 23.8. The van der Waals surface area contributed by atoms with Gasteiger partial charge in [-0.05, 0) is 29.5 Å². The lowest BCUT2D eigenvalue weighted by Gasteiger charge is -2.12.